The van der Waals surface area contributed by atoms with Gasteiger partial charge in [-0.1, -0.05) is 30.3 Å². The topological polar surface area (TPSA) is 74.4 Å². The number of rotatable bonds is 6. The molecule has 1 heterocycles. The van der Waals surface area contributed by atoms with Crippen LogP contribution in [-0.4, -0.2) is 23.0 Å². The first kappa shape index (κ1) is 22.1. The van der Waals surface area contributed by atoms with Crippen LogP contribution in [0.5, 0.6) is 5.75 Å². The molecule has 0 aliphatic heterocycles. The number of nitrogens with zero attached hydrogens (tertiary/aromatic N) is 1. The molecule has 4 rings (SSSR count). The van der Waals surface area contributed by atoms with Crippen molar-refractivity contribution in [1.82, 2.24) is 9.88 Å². The van der Waals surface area contributed by atoms with Crippen molar-refractivity contribution in [2.45, 2.75) is 20.0 Å². The maximum absolute atomic E-state index is 13.4. The van der Waals surface area contributed by atoms with Crippen molar-refractivity contribution in [3.63, 3.8) is 0 Å². The van der Waals surface area contributed by atoms with Crippen LogP contribution in [0.25, 0.3) is 10.9 Å². The predicted octanol–water partition coefficient (Wildman–Crippen LogP) is 5.22. The van der Waals surface area contributed by atoms with Gasteiger partial charge in [0.25, 0.3) is 5.56 Å². The molecule has 0 spiro atoms. The lowest BCUT2D eigenvalue weighted by atomic mass is 10.1. The summed E-state index contributed by atoms with van der Waals surface area (Å²) in [6.07, 6.45) is 0. The highest BCUT2D eigenvalue weighted by Gasteiger charge is 2.17. The molecule has 0 unspecified atom stereocenters. The van der Waals surface area contributed by atoms with Crippen LogP contribution in [0, 0.1) is 12.7 Å². The van der Waals surface area contributed by atoms with Gasteiger partial charge in [0.15, 0.2) is 0 Å². The van der Waals surface area contributed by atoms with E-state index in [1.165, 1.54) is 17.0 Å². The van der Waals surface area contributed by atoms with E-state index in [4.69, 9.17) is 4.74 Å². The van der Waals surface area contributed by atoms with Crippen LogP contribution >= 0.6 is 0 Å². The summed E-state index contributed by atoms with van der Waals surface area (Å²) >= 11 is 0. The lowest BCUT2D eigenvalue weighted by molar-refractivity contribution is 0.206. The third-order valence-electron chi connectivity index (χ3n) is 5.44. The van der Waals surface area contributed by atoms with Gasteiger partial charge in [0.1, 0.15) is 11.6 Å². The zero-order valence-electron chi connectivity index (χ0n) is 18.4. The van der Waals surface area contributed by atoms with Gasteiger partial charge in [-0.2, -0.15) is 0 Å². The average molecular weight is 445 g/mol. The maximum atomic E-state index is 13.4. The van der Waals surface area contributed by atoms with Gasteiger partial charge in [-0.15, -0.1) is 0 Å². The number of methoxy groups -OCH3 is 1. The summed E-state index contributed by atoms with van der Waals surface area (Å²) in [5, 5.41) is 3.75. The Morgan fingerprint density at radius 2 is 1.76 bits per heavy atom. The zero-order valence-corrected chi connectivity index (χ0v) is 18.4. The summed E-state index contributed by atoms with van der Waals surface area (Å²) in [5.41, 5.74) is 3.29. The van der Waals surface area contributed by atoms with Gasteiger partial charge in [0.05, 0.1) is 19.2 Å². The number of aromatic nitrogens is 1. The molecule has 0 atom stereocenters. The maximum Gasteiger partial charge on any atom is 0.322 e. The third-order valence-corrected chi connectivity index (χ3v) is 5.44. The lowest BCUT2D eigenvalue weighted by Gasteiger charge is -2.23. The fraction of sp³-hybridized carbons (Fsp3) is 0.154. The summed E-state index contributed by atoms with van der Waals surface area (Å²) < 4.78 is 18.5. The van der Waals surface area contributed by atoms with Crippen LogP contribution in [-0.2, 0) is 13.1 Å². The number of hydrogen-bond donors (Lipinski definition) is 2. The van der Waals surface area contributed by atoms with Crippen LogP contribution in [0.1, 0.15) is 16.7 Å². The molecule has 3 aromatic carbocycles. The van der Waals surface area contributed by atoms with Gasteiger partial charge >= 0.3 is 6.03 Å². The van der Waals surface area contributed by atoms with E-state index in [1.807, 2.05) is 25.1 Å². The number of aromatic amines is 1. The van der Waals surface area contributed by atoms with Crippen LogP contribution in [0.4, 0.5) is 14.9 Å². The van der Waals surface area contributed by atoms with Crippen molar-refractivity contribution in [1.29, 1.82) is 0 Å². The third kappa shape index (κ3) is 5.20. The Kier molecular flexibility index (Phi) is 6.40. The zero-order chi connectivity index (χ0) is 23.4. The molecule has 0 saturated carbocycles. The summed E-state index contributed by atoms with van der Waals surface area (Å²) in [5.74, 6) is 0.323. The predicted molar refractivity (Wildman–Crippen MR) is 127 cm³/mol. The van der Waals surface area contributed by atoms with E-state index >= 15 is 0 Å². The highest BCUT2D eigenvalue weighted by molar-refractivity contribution is 5.89. The van der Waals surface area contributed by atoms with E-state index < -0.39 is 0 Å². The number of anilines is 1. The number of para-hydroxylation sites is 1. The number of halogens is 1. The summed E-state index contributed by atoms with van der Waals surface area (Å²) in [6.45, 7) is 2.22. The van der Waals surface area contributed by atoms with E-state index in [1.54, 1.807) is 49.6 Å². The van der Waals surface area contributed by atoms with Crippen molar-refractivity contribution in [2.24, 2.45) is 0 Å². The molecule has 1 aromatic heterocycles. The van der Waals surface area contributed by atoms with E-state index in [-0.39, 0.29) is 30.5 Å². The SMILES string of the molecule is COc1ccc(NC(=O)N(Cc2ccc(F)cc2)Cc2cc3cccc(C)c3[nH]c2=O)cc1. The van der Waals surface area contributed by atoms with Gasteiger partial charge in [-0.25, -0.2) is 9.18 Å². The number of carbonyl (C=O) groups is 1. The Morgan fingerprint density at radius 3 is 2.45 bits per heavy atom. The summed E-state index contributed by atoms with van der Waals surface area (Å²) in [6, 6.07) is 20.1. The molecule has 0 saturated heterocycles. The molecule has 7 heteroatoms. The highest BCUT2D eigenvalue weighted by atomic mass is 19.1. The van der Waals surface area contributed by atoms with Crippen LogP contribution in [0.15, 0.2) is 77.6 Å². The average Bonchev–Trinajstić information content (AvgIpc) is 2.81. The second-order valence-electron chi connectivity index (χ2n) is 7.80. The normalized spacial score (nSPS) is 10.8. The quantitative estimate of drug-likeness (QED) is 0.427. The Labute approximate surface area is 190 Å². The van der Waals surface area contributed by atoms with Crippen molar-refractivity contribution < 1.29 is 13.9 Å². The largest absolute Gasteiger partial charge is 0.497 e. The van der Waals surface area contributed by atoms with Crippen molar-refractivity contribution in [3.05, 3.63) is 106 Å². The fourth-order valence-electron chi connectivity index (χ4n) is 3.64. The van der Waals surface area contributed by atoms with Crippen LogP contribution in [0.2, 0.25) is 0 Å². The molecule has 33 heavy (non-hydrogen) atoms. The number of nitrogens with one attached hydrogen (secondary N) is 2. The lowest BCUT2D eigenvalue weighted by Crippen LogP contribution is -2.35. The first-order valence-electron chi connectivity index (χ1n) is 10.5. The Bertz CT molecular complexity index is 1330. The van der Waals surface area contributed by atoms with E-state index in [0.29, 0.717) is 17.0 Å². The summed E-state index contributed by atoms with van der Waals surface area (Å²) in [4.78, 5) is 30.4. The van der Waals surface area contributed by atoms with Crippen molar-refractivity contribution in [3.8, 4) is 5.75 Å². The first-order valence-corrected chi connectivity index (χ1v) is 10.5. The smallest absolute Gasteiger partial charge is 0.322 e. The minimum atomic E-state index is -0.381. The van der Waals surface area contributed by atoms with Crippen LogP contribution in [0.3, 0.4) is 0 Å². The Balaban J connectivity index is 1.63. The molecule has 0 fully saturated rings. The van der Waals surface area contributed by atoms with E-state index in [0.717, 1.165) is 22.0 Å². The van der Waals surface area contributed by atoms with Gasteiger partial charge in [0.2, 0.25) is 0 Å². The molecule has 0 aliphatic rings. The van der Waals surface area contributed by atoms with Gasteiger partial charge in [0, 0.05) is 17.8 Å². The van der Waals surface area contributed by atoms with E-state index in [2.05, 4.69) is 10.3 Å². The second kappa shape index (κ2) is 9.56. The number of fused-ring (bicyclic) bond motifs is 1. The van der Waals surface area contributed by atoms with Gasteiger partial charge < -0.3 is 19.9 Å². The number of hydrogen-bond acceptors (Lipinski definition) is 3. The monoisotopic (exact) mass is 445 g/mol. The number of aryl methyl sites for hydroxylation is 1. The molecular formula is C26H24FN3O3. The minimum Gasteiger partial charge on any atom is -0.497 e. The minimum absolute atomic E-state index is 0.0819. The highest BCUT2D eigenvalue weighted by Crippen LogP contribution is 2.19. The molecule has 4 aromatic rings. The number of ether oxygens (including phenoxy) is 1. The Hall–Kier alpha value is -4.13. The number of pyridine rings is 1. The molecule has 2 N–H and O–H groups in total. The fourth-order valence-corrected chi connectivity index (χ4v) is 3.64. The van der Waals surface area contributed by atoms with Gasteiger partial charge in [-0.05, 0) is 65.9 Å². The molecule has 0 bridgehead atoms. The second-order valence-corrected chi connectivity index (χ2v) is 7.80. The molecule has 0 radical (unpaired) electrons. The summed E-state index contributed by atoms with van der Waals surface area (Å²) in [7, 11) is 1.57. The number of amides is 2. The standard InChI is InChI=1S/C26H24FN3O3/c1-17-4-3-5-19-14-20(25(31)29-24(17)19)16-30(15-18-6-8-21(27)9-7-18)26(32)28-22-10-12-23(33-2)13-11-22/h3-14H,15-16H2,1-2H3,(H,28,32)(H,29,31). The number of benzene rings is 3. The number of H-pyrrole nitrogens is 1. The number of urea groups is 1. The van der Waals surface area contributed by atoms with Crippen LogP contribution < -0.4 is 15.6 Å². The molecule has 6 nitrogen and oxygen atoms in total. The van der Waals surface area contributed by atoms with Crippen molar-refractivity contribution >= 4 is 22.6 Å². The molecule has 168 valence electrons. The van der Waals surface area contributed by atoms with Crippen molar-refractivity contribution in [2.75, 3.05) is 12.4 Å². The Morgan fingerprint density at radius 1 is 1.03 bits per heavy atom. The molecule has 0 aliphatic carbocycles. The number of carbonyl (C=O) groups excluding carboxylic acids is 1. The molecule has 2 amide bonds. The molecular weight excluding hydrogens is 421 g/mol. The van der Waals surface area contributed by atoms with E-state index in [9.17, 15) is 14.0 Å². The first-order chi connectivity index (χ1) is 15.9. The van der Waals surface area contributed by atoms with Gasteiger partial charge in [-0.3, -0.25) is 4.79 Å².